The standard InChI is InChI=1S/C7H12N4O/c1-11(3-2-8)6-4-7(12)10-9-5-6/h4-5H,2-3,8H2,1H3,(H,10,12). The molecule has 1 aromatic rings. The fraction of sp³-hybridized carbons (Fsp3) is 0.429. The molecule has 0 fully saturated rings. The van der Waals surface area contributed by atoms with Gasteiger partial charge in [-0.05, 0) is 0 Å². The van der Waals surface area contributed by atoms with Gasteiger partial charge < -0.3 is 10.6 Å². The van der Waals surface area contributed by atoms with Gasteiger partial charge in [-0.25, -0.2) is 5.10 Å². The van der Waals surface area contributed by atoms with E-state index in [1.54, 1.807) is 6.20 Å². The molecule has 0 bridgehead atoms. The summed E-state index contributed by atoms with van der Waals surface area (Å²) in [5.74, 6) is 0. The van der Waals surface area contributed by atoms with Gasteiger partial charge in [-0.1, -0.05) is 0 Å². The molecule has 0 saturated carbocycles. The van der Waals surface area contributed by atoms with E-state index >= 15 is 0 Å². The largest absolute Gasteiger partial charge is 0.372 e. The second kappa shape index (κ2) is 3.87. The molecule has 0 aliphatic heterocycles. The molecule has 0 aliphatic carbocycles. The quantitative estimate of drug-likeness (QED) is 0.617. The molecular weight excluding hydrogens is 156 g/mol. The van der Waals surface area contributed by atoms with Gasteiger partial charge in [0.25, 0.3) is 5.56 Å². The predicted octanol–water partition coefficient (Wildman–Crippen LogP) is -0.835. The van der Waals surface area contributed by atoms with Crippen molar-refractivity contribution in [2.24, 2.45) is 5.73 Å². The van der Waals surface area contributed by atoms with Crippen LogP contribution in [0.3, 0.4) is 0 Å². The summed E-state index contributed by atoms with van der Waals surface area (Å²) >= 11 is 0. The van der Waals surface area contributed by atoms with E-state index in [0.29, 0.717) is 13.1 Å². The lowest BCUT2D eigenvalue weighted by Crippen LogP contribution is -2.26. The van der Waals surface area contributed by atoms with Crippen LogP contribution in [0.1, 0.15) is 0 Å². The summed E-state index contributed by atoms with van der Waals surface area (Å²) in [7, 11) is 1.86. The molecule has 0 radical (unpaired) electrons. The maximum Gasteiger partial charge on any atom is 0.266 e. The van der Waals surface area contributed by atoms with Crippen molar-refractivity contribution in [2.75, 3.05) is 25.0 Å². The van der Waals surface area contributed by atoms with E-state index in [4.69, 9.17) is 5.73 Å². The van der Waals surface area contributed by atoms with Crippen LogP contribution in [0.4, 0.5) is 5.69 Å². The normalized spacial score (nSPS) is 9.83. The maximum atomic E-state index is 10.8. The number of nitrogens with two attached hydrogens (primary N) is 1. The molecule has 12 heavy (non-hydrogen) atoms. The number of hydrogen-bond acceptors (Lipinski definition) is 4. The van der Waals surface area contributed by atoms with Crippen LogP contribution in [-0.2, 0) is 0 Å². The predicted molar refractivity (Wildman–Crippen MR) is 47.2 cm³/mol. The van der Waals surface area contributed by atoms with Crippen LogP contribution in [0, 0.1) is 0 Å². The Morgan fingerprint density at radius 1 is 1.75 bits per heavy atom. The van der Waals surface area contributed by atoms with Gasteiger partial charge in [-0.15, -0.1) is 0 Å². The van der Waals surface area contributed by atoms with Gasteiger partial charge in [0.05, 0.1) is 11.9 Å². The van der Waals surface area contributed by atoms with Gasteiger partial charge in [0.1, 0.15) is 0 Å². The van der Waals surface area contributed by atoms with E-state index in [9.17, 15) is 4.79 Å². The molecule has 1 aromatic heterocycles. The van der Waals surface area contributed by atoms with E-state index in [2.05, 4.69) is 10.2 Å². The number of hydrogen-bond donors (Lipinski definition) is 2. The third kappa shape index (κ3) is 2.06. The zero-order valence-electron chi connectivity index (χ0n) is 6.95. The molecule has 3 N–H and O–H groups in total. The first-order valence-electron chi connectivity index (χ1n) is 3.70. The lowest BCUT2D eigenvalue weighted by Gasteiger charge is -2.16. The fourth-order valence-corrected chi connectivity index (χ4v) is 0.897. The van der Waals surface area contributed by atoms with E-state index in [0.717, 1.165) is 5.69 Å². The van der Waals surface area contributed by atoms with Crippen molar-refractivity contribution in [3.63, 3.8) is 0 Å². The topological polar surface area (TPSA) is 75.0 Å². The molecule has 0 aromatic carbocycles. The smallest absolute Gasteiger partial charge is 0.266 e. The van der Waals surface area contributed by atoms with Crippen LogP contribution in [0.15, 0.2) is 17.1 Å². The molecule has 0 aliphatic rings. The highest BCUT2D eigenvalue weighted by atomic mass is 16.1. The minimum absolute atomic E-state index is 0.198. The first-order valence-corrected chi connectivity index (χ1v) is 3.70. The Morgan fingerprint density at radius 3 is 3.08 bits per heavy atom. The van der Waals surface area contributed by atoms with E-state index in [1.165, 1.54) is 6.07 Å². The second-order valence-corrected chi connectivity index (χ2v) is 2.51. The van der Waals surface area contributed by atoms with Gasteiger partial charge in [-0.2, -0.15) is 5.10 Å². The number of likely N-dealkylation sites (N-methyl/N-ethyl adjacent to an activating group) is 1. The van der Waals surface area contributed by atoms with Gasteiger partial charge in [0.2, 0.25) is 0 Å². The van der Waals surface area contributed by atoms with Crippen molar-refractivity contribution in [1.29, 1.82) is 0 Å². The molecule has 0 unspecified atom stereocenters. The number of nitrogens with one attached hydrogen (secondary N) is 1. The first kappa shape index (κ1) is 8.73. The van der Waals surface area contributed by atoms with Gasteiger partial charge in [0.15, 0.2) is 0 Å². The highest BCUT2D eigenvalue weighted by Gasteiger charge is 1.99. The van der Waals surface area contributed by atoms with Crippen LogP contribution in [0.2, 0.25) is 0 Å². The molecule has 1 heterocycles. The zero-order chi connectivity index (χ0) is 8.97. The van der Waals surface area contributed by atoms with Crippen molar-refractivity contribution in [3.05, 3.63) is 22.6 Å². The van der Waals surface area contributed by atoms with Crippen molar-refractivity contribution in [3.8, 4) is 0 Å². The summed E-state index contributed by atoms with van der Waals surface area (Å²) in [6.45, 7) is 1.27. The van der Waals surface area contributed by atoms with Crippen LogP contribution in [-0.4, -0.2) is 30.3 Å². The summed E-state index contributed by atoms with van der Waals surface area (Å²) in [5.41, 5.74) is 5.94. The minimum atomic E-state index is -0.198. The number of H-pyrrole nitrogens is 1. The third-order valence-electron chi connectivity index (χ3n) is 1.56. The first-order chi connectivity index (χ1) is 5.74. The number of anilines is 1. The highest BCUT2D eigenvalue weighted by molar-refractivity contribution is 5.41. The Morgan fingerprint density at radius 2 is 2.50 bits per heavy atom. The van der Waals surface area contributed by atoms with Gasteiger partial charge >= 0.3 is 0 Å². The molecule has 0 amide bonds. The molecular formula is C7H12N4O. The molecule has 0 saturated heterocycles. The average molecular weight is 168 g/mol. The summed E-state index contributed by atoms with van der Waals surface area (Å²) in [4.78, 5) is 12.7. The number of rotatable bonds is 3. The van der Waals surface area contributed by atoms with Crippen molar-refractivity contribution in [1.82, 2.24) is 10.2 Å². The highest BCUT2D eigenvalue weighted by Crippen LogP contribution is 2.04. The Kier molecular flexibility index (Phi) is 2.82. The van der Waals surface area contributed by atoms with E-state index in [-0.39, 0.29) is 5.56 Å². The van der Waals surface area contributed by atoms with Crippen molar-refractivity contribution < 1.29 is 0 Å². The van der Waals surface area contributed by atoms with Crippen LogP contribution >= 0.6 is 0 Å². The SMILES string of the molecule is CN(CCN)c1cn[nH]c(=O)c1. The van der Waals surface area contributed by atoms with E-state index < -0.39 is 0 Å². The van der Waals surface area contributed by atoms with Crippen LogP contribution in [0.5, 0.6) is 0 Å². The van der Waals surface area contributed by atoms with Gasteiger partial charge in [0, 0.05) is 26.2 Å². The third-order valence-corrected chi connectivity index (χ3v) is 1.56. The minimum Gasteiger partial charge on any atom is -0.372 e. The van der Waals surface area contributed by atoms with Crippen LogP contribution < -0.4 is 16.2 Å². The van der Waals surface area contributed by atoms with Crippen molar-refractivity contribution in [2.45, 2.75) is 0 Å². The molecule has 0 spiro atoms. The van der Waals surface area contributed by atoms with E-state index in [1.807, 2.05) is 11.9 Å². The Hall–Kier alpha value is -1.36. The summed E-state index contributed by atoms with van der Waals surface area (Å²) in [5, 5.41) is 5.97. The van der Waals surface area contributed by atoms with Gasteiger partial charge in [-0.3, -0.25) is 4.79 Å². The average Bonchev–Trinajstić information content (AvgIpc) is 2.05. The molecule has 5 nitrogen and oxygen atoms in total. The Bertz CT molecular complexity index is 295. The summed E-state index contributed by atoms with van der Waals surface area (Å²) in [6, 6.07) is 1.49. The lowest BCUT2D eigenvalue weighted by molar-refractivity contribution is 0.869. The fourth-order valence-electron chi connectivity index (χ4n) is 0.897. The number of aromatic nitrogens is 2. The maximum absolute atomic E-state index is 10.8. The molecule has 1 rings (SSSR count). The van der Waals surface area contributed by atoms with Crippen molar-refractivity contribution >= 4 is 5.69 Å². The molecule has 66 valence electrons. The second-order valence-electron chi connectivity index (χ2n) is 2.51. The van der Waals surface area contributed by atoms with Crippen LogP contribution in [0.25, 0.3) is 0 Å². The Labute approximate surface area is 70.2 Å². The molecule has 5 heteroatoms. The zero-order valence-corrected chi connectivity index (χ0v) is 6.95. The summed E-state index contributed by atoms with van der Waals surface area (Å²) in [6.07, 6.45) is 1.59. The Balaban J connectivity index is 2.80. The monoisotopic (exact) mass is 168 g/mol. The summed E-state index contributed by atoms with van der Waals surface area (Å²) < 4.78 is 0. The number of aromatic amines is 1. The number of nitrogens with zero attached hydrogens (tertiary/aromatic N) is 2. The lowest BCUT2D eigenvalue weighted by atomic mass is 10.4. The molecule has 0 atom stereocenters.